The van der Waals surface area contributed by atoms with Gasteiger partial charge in [-0.15, -0.1) is 0 Å². The number of hydrogen-bond acceptors (Lipinski definition) is 6. The fourth-order valence-corrected chi connectivity index (χ4v) is 4.34. The Bertz CT molecular complexity index is 975. The van der Waals surface area contributed by atoms with Crippen molar-refractivity contribution < 1.29 is 14.3 Å². The van der Waals surface area contributed by atoms with Gasteiger partial charge < -0.3 is 9.47 Å². The SMILES string of the molecule is COc1ccc(C)c2sc(N(CC3CCCO3)C(=O)c3ccn(C)n3)nc12. The summed E-state index contributed by atoms with van der Waals surface area (Å²) >= 11 is 1.50. The summed E-state index contributed by atoms with van der Waals surface area (Å²) < 4.78 is 13.9. The van der Waals surface area contributed by atoms with Crippen LogP contribution in [-0.4, -0.2) is 47.0 Å². The molecular formula is C19H22N4O3S. The van der Waals surface area contributed by atoms with Gasteiger partial charge in [0.1, 0.15) is 11.3 Å². The number of carbonyl (C=O) groups excluding carboxylic acids is 1. The van der Waals surface area contributed by atoms with Crippen LogP contribution in [0.4, 0.5) is 5.13 Å². The molecule has 1 amide bonds. The van der Waals surface area contributed by atoms with E-state index in [4.69, 9.17) is 14.5 Å². The van der Waals surface area contributed by atoms with Crippen molar-refractivity contribution in [2.24, 2.45) is 7.05 Å². The molecule has 3 aromatic rings. The van der Waals surface area contributed by atoms with E-state index in [1.807, 2.05) is 19.1 Å². The van der Waals surface area contributed by atoms with Crippen molar-refractivity contribution >= 4 is 32.6 Å². The molecule has 1 atom stereocenters. The number of carbonyl (C=O) groups is 1. The molecule has 2 aromatic heterocycles. The highest BCUT2D eigenvalue weighted by Gasteiger charge is 2.28. The van der Waals surface area contributed by atoms with E-state index in [0.717, 1.165) is 35.2 Å². The van der Waals surface area contributed by atoms with Gasteiger partial charge in [0, 0.05) is 19.9 Å². The summed E-state index contributed by atoms with van der Waals surface area (Å²) in [5.41, 5.74) is 2.29. The van der Waals surface area contributed by atoms with Crippen LogP contribution in [0.5, 0.6) is 5.75 Å². The van der Waals surface area contributed by atoms with E-state index in [0.29, 0.717) is 23.1 Å². The maximum Gasteiger partial charge on any atom is 0.280 e. The summed E-state index contributed by atoms with van der Waals surface area (Å²) in [7, 11) is 3.43. The lowest BCUT2D eigenvalue weighted by Crippen LogP contribution is -2.37. The quantitative estimate of drug-likeness (QED) is 0.674. The zero-order valence-electron chi connectivity index (χ0n) is 15.6. The van der Waals surface area contributed by atoms with Gasteiger partial charge in [-0.3, -0.25) is 14.4 Å². The largest absolute Gasteiger partial charge is 0.494 e. The predicted molar refractivity (Wildman–Crippen MR) is 105 cm³/mol. The third kappa shape index (κ3) is 3.42. The third-order valence-electron chi connectivity index (χ3n) is 4.73. The van der Waals surface area contributed by atoms with E-state index >= 15 is 0 Å². The Hall–Kier alpha value is -2.45. The summed E-state index contributed by atoms with van der Waals surface area (Å²) in [5, 5.41) is 4.92. The lowest BCUT2D eigenvalue weighted by molar-refractivity contribution is 0.0913. The first-order valence-corrected chi connectivity index (χ1v) is 9.75. The van der Waals surface area contributed by atoms with Crippen molar-refractivity contribution in [3.8, 4) is 5.75 Å². The molecule has 1 aliphatic heterocycles. The lowest BCUT2D eigenvalue weighted by atomic mass is 10.2. The first-order chi connectivity index (χ1) is 13.1. The number of methoxy groups -OCH3 is 1. The number of aryl methyl sites for hydroxylation is 2. The molecule has 1 unspecified atom stereocenters. The van der Waals surface area contributed by atoms with Gasteiger partial charge in [-0.25, -0.2) is 4.98 Å². The van der Waals surface area contributed by atoms with E-state index in [1.54, 1.807) is 36.0 Å². The lowest BCUT2D eigenvalue weighted by Gasteiger charge is -2.22. The highest BCUT2D eigenvalue weighted by Crippen LogP contribution is 2.37. The molecule has 3 heterocycles. The molecule has 1 aliphatic rings. The van der Waals surface area contributed by atoms with Crippen LogP contribution in [0.3, 0.4) is 0 Å². The fourth-order valence-electron chi connectivity index (χ4n) is 3.29. The maximum absolute atomic E-state index is 13.2. The van der Waals surface area contributed by atoms with E-state index in [9.17, 15) is 4.79 Å². The molecule has 7 nitrogen and oxygen atoms in total. The van der Waals surface area contributed by atoms with E-state index < -0.39 is 0 Å². The van der Waals surface area contributed by atoms with Crippen molar-refractivity contribution in [2.45, 2.75) is 25.9 Å². The van der Waals surface area contributed by atoms with Crippen LogP contribution in [0.25, 0.3) is 10.2 Å². The van der Waals surface area contributed by atoms with Crippen molar-refractivity contribution in [1.29, 1.82) is 0 Å². The molecule has 4 rings (SSSR count). The Labute approximate surface area is 161 Å². The molecule has 0 radical (unpaired) electrons. The summed E-state index contributed by atoms with van der Waals surface area (Å²) in [6, 6.07) is 5.64. The summed E-state index contributed by atoms with van der Waals surface area (Å²) in [4.78, 5) is 19.6. The Kier molecular flexibility index (Phi) is 4.84. The molecule has 0 saturated carbocycles. The van der Waals surface area contributed by atoms with Crippen LogP contribution >= 0.6 is 11.3 Å². The van der Waals surface area contributed by atoms with Gasteiger partial charge in [-0.1, -0.05) is 17.4 Å². The van der Waals surface area contributed by atoms with Crippen LogP contribution in [0, 0.1) is 6.92 Å². The first kappa shape index (κ1) is 17.9. The minimum absolute atomic E-state index is 0.0210. The molecule has 27 heavy (non-hydrogen) atoms. The van der Waals surface area contributed by atoms with Gasteiger partial charge in [-0.2, -0.15) is 5.10 Å². The molecule has 142 valence electrons. The minimum atomic E-state index is -0.165. The van der Waals surface area contributed by atoms with E-state index in [1.165, 1.54) is 11.3 Å². The van der Waals surface area contributed by atoms with Crippen molar-refractivity contribution in [3.63, 3.8) is 0 Å². The molecule has 1 saturated heterocycles. The van der Waals surface area contributed by atoms with Crippen molar-refractivity contribution in [1.82, 2.24) is 14.8 Å². The monoisotopic (exact) mass is 386 g/mol. The molecule has 0 aliphatic carbocycles. The standard InChI is InChI=1S/C19H22N4O3S/c1-12-6-7-15(25-3)16-17(12)27-19(20-16)23(11-13-5-4-10-26-13)18(24)14-8-9-22(2)21-14/h6-9,13H,4-5,10-11H2,1-3H3. The summed E-state index contributed by atoms with van der Waals surface area (Å²) in [5.74, 6) is 0.544. The average Bonchev–Trinajstić information content (AvgIpc) is 3.40. The van der Waals surface area contributed by atoms with Gasteiger partial charge in [0.05, 0.1) is 24.5 Å². The Morgan fingerprint density at radius 2 is 2.30 bits per heavy atom. The number of aromatic nitrogens is 3. The Morgan fingerprint density at radius 1 is 1.44 bits per heavy atom. The second kappa shape index (κ2) is 7.28. The van der Waals surface area contributed by atoms with Crippen LogP contribution in [0.2, 0.25) is 0 Å². The maximum atomic E-state index is 13.2. The van der Waals surface area contributed by atoms with Crippen molar-refractivity contribution in [3.05, 3.63) is 35.7 Å². The molecule has 1 fully saturated rings. The van der Waals surface area contributed by atoms with Gasteiger partial charge in [0.2, 0.25) is 0 Å². The molecule has 1 aromatic carbocycles. The fraction of sp³-hybridized carbons (Fsp3) is 0.421. The topological polar surface area (TPSA) is 69.5 Å². The molecule has 8 heteroatoms. The number of amides is 1. The second-order valence-corrected chi connectivity index (χ2v) is 7.66. The minimum Gasteiger partial charge on any atom is -0.494 e. The molecule has 0 spiro atoms. The van der Waals surface area contributed by atoms with Gasteiger partial charge in [-0.05, 0) is 37.5 Å². The number of ether oxygens (including phenoxy) is 2. The van der Waals surface area contributed by atoms with Gasteiger partial charge >= 0.3 is 0 Å². The molecule has 0 bridgehead atoms. The first-order valence-electron chi connectivity index (χ1n) is 8.94. The highest BCUT2D eigenvalue weighted by atomic mass is 32.1. The average molecular weight is 386 g/mol. The van der Waals surface area contributed by atoms with Crippen molar-refractivity contribution in [2.75, 3.05) is 25.2 Å². The highest BCUT2D eigenvalue weighted by molar-refractivity contribution is 7.22. The van der Waals surface area contributed by atoms with E-state index in [-0.39, 0.29) is 12.0 Å². The van der Waals surface area contributed by atoms with E-state index in [2.05, 4.69) is 5.10 Å². The van der Waals surface area contributed by atoms with Crippen LogP contribution in [0.1, 0.15) is 28.9 Å². The zero-order valence-corrected chi connectivity index (χ0v) is 16.5. The number of hydrogen-bond donors (Lipinski definition) is 0. The summed E-state index contributed by atoms with van der Waals surface area (Å²) in [6.45, 7) is 3.24. The number of thiazole rings is 1. The number of fused-ring (bicyclic) bond motifs is 1. The number of benzene rings is 1. The van der Waals surface area contributed by atoms with Crippen LogP contribution in [-0.2, 0) is 11.8 Å². The normalized spacial score (nSPS) is 16.8. The smallest absolute Gasteiger partial charge is 0.280 e. The van der Waals surface area contributed by atoms with Gasteiger partial charge in [0.25, 0.3) is 5.91 Å². The number of anilines is 1. The van der Waals surface area contributed by atoms with Crippen LogP contribution < -0.4 is 9.64 Å². The summed E-state index contributed by atoms with van der Waals surface area (Å²) in [6.07, 6.45) is 3.75. The Balaban J connectivity index is 1.76. The second-order valence-electron chi connectivity index (χ2n) is 6.68. The third-order valence-corrected chi connectivity index (χ3v) is 5.94. The molecule has 0 N–H and O–H groups in total. The van der Waals surface area contributed by atoms with Gasteiger partial charge in [0.15, 0.2) is 10.8 Å². The number of nitrogens with zero attached hydrogens (tertiary/aromatic N) is 4. The zero-order chi connectivity index (χ0) is 19.0. The number of rotatable bonds is 5. The predicted octanol–water partition coefficient (Wildman–Crippen LogP) is 3.17. The Morgan fingerprint density at radius 3 is 2.96 bits per heavy atom. The molecular weight excluding hydrogens is 364 g/mol. The van der Waals surface area contributed by atoms with Crippen LogP contribution in [0.15, 0.2) is 24.4 Å².